The van der Waals surface area contributed by atoms with Gasteiger partial charge in [-0.25, -0.2) is 0 Å². The van der Waals surface area contributed by atoms with Gasteiger partial charge in [0.2, 0.25) is 0 Å². The molecule has 8 N–H and O–H groups in total. The van der Waals surface area contributed by atoms with E-state index in [9.17, 15) is 50.4 Å². The maximum atomic E-state index is 13.1. The molecule has 0 amide bonds. The van der Waals surface area contributed by atoms with E-state index >= 15 is 0 Å². The summed E-state index contributed by atoms with van der Waals surface area (Å²) in [7, 11) is 0. The van der Waals surface area contributed by atoms with Crippen LogP contribution in [0.1, 0.15) is 28.4 Å². The third kappa shape index (κ3) is 4.09. The molecule has 12 nitrogen and oxygen atoms in total. The summed E-state index contributed by atoms with van der Waals surface area (Å²) < 4.78 is 11.7. The van der Waals surface area contributed by atoms with Gasteiger partial charge in [0, 0.05) is 35.4 Å². The number of carbonyl (C=O) groups is 1. The Hall–Kier alpha value is -6.04. The molecular weight excluding hydrogens is 552 g/mol. The second kappa shape index (κ2) is 9.27. The highest BCUT2D eigenvalue weighted by Crippen LogP contribution is 2.49. The minimum atomic E-state index is -1.08. The van der Waals surface area contributed by atoms with Gasteiger partial charge in [-0.15, -0.1) is 0 Å². The third-order valence-electron chi connectivity index (χ3n) is 6.96. The number of benzene rings is 4. The number of hydrogen-bond acceptors (Lipinski definition) is 12. The van der Waals surface area contributed by atoms with Gasteiger partial charge in [-0.2, -0.15) is 0 Å². The Morgan fingerprint density at radius 3 is 2.14 bits per heavy atom. The summed E-state index contributed by atoms with van der Waals surface area (Å²) in [5, 5.41) is 82.0. The highest BCUT2D eigenvalue weighted by atomic mass is 16.5. The SMILES string of the molecule is O=C1C[C@@H](c2cc(O)c(O)c(-c3c(O)cc(O)c4c(=O)cc(-c5ccc(O)c(O)c5)oc34)c2)Oc2cc(O)cc(O)c21. The molecule has 0 saturated carbocycles. The first-order chi connectivity index (χ1) is 19.9. The smallest absolute Gasteiger partial charge is 0.197 e. The van der Waals surface area contributed by atoms with Crippen molar-refractivity contribution >= 4 is 16.8 Å². The molecule has 1 atom stereocenters. The van der Waals surface area contributed by atoms with Crippen molar-refractivity contribution in [2.45, 2.75) is 12.5 Å². The van der Waals surface area contributed by atoms with Gasteiger partial charge in [0.05, 0.1) is 12.0 Å². The van der Waals surface area contributed by atoms with Crippen molar-refractivity contribution in [3.05, 3.63) is 75.9 Å². The van der Waals surface area contributed by atoms with Gasteiger partial charge in [0.25, 0.3) is 0 Å². The van der Waals surface area contributed by atoms with Crippen LogP contribution in [0, 0.1) is 0 Å². The second-order valence-corrected chi connectivity index (χ2v) is 9.68. The van der Waals surface area contributed by atoms with Crippen LogP contribution in [0.2, 0.25) is 0 Å². The Bertz CT molecular complexity index is 2020. The van der Waals surface area contributed by atoms with Crippen LogP contribution in [-0.4, -0.2) is 46.6 Å². The molecule has 0 unspecified atom stereocenters. The van der Waals surface area contributed by atoms with Crippen molar-refractivity contribution in [2.24, 2.45) is 0 Å². The number of aromatic hydroxyl groups is 8. The van der Waals surface area contributed by atoms with Gasteiger partial charge >= 0.3 is 0 Å². The summed E-state index contributed by atoms with van der Waals surface area (Å²) in [5.41, 5.74) is -1.57. The zero-order valence-corrected chi connectivity index (χ0v) is 21.2. The average Bonchev–Trinajstić information content (AvgIpc) is 2.91. The molecule has 0 fully saturated rings. The minimum absolute atomic E-state index is 0.117. The number of hydrogen-bond donors (Lipinski definition) is 8. The maximum Gasteiger partial charge on any atom is 0.197 e. The van der Waals surface area contributed by atoms with E-state index in [1.54, 1.807) is 0 Å². The van der Waals surface area contributed by atoms with E-state index in [4.69, 9.17) is 9.15 Å². The van der Waals surface area contributed by atoms with Gasteiger partial charge in [-0.05, 0) is 35.9 Å². The Morgan fingerprint density at radius 1 is 0.667 bits per heavy atom. The monoisotopic (exact) mass is 572 g/mol. The van der Waals surface area contributed by atoms with Crippen LogP contribution in [0.4, 0.5) is 0 Å². The number of phenolic OH excluding ortho intramolecular Hbond substituents is 8. The Balaban J connectivity index is 1.56. The van der Waals surface area contributed by atoms with Crippen molar-refractivity contribution < 1.29 is 54.8 Å². The Morgan fingerprint density at radius 2 is 1.40 bits per heavy atom. The van der Waals surface area contributed by atoms with E-state index in [1.807, 2.05) is 0 Å². The second-order valence-electron chi connectivity index (χ2n) is 9.68. The van der Waals surface area contributed by atoms with Crippen LogP contribution < -0.4 is 10.2 Å². The summed E-state index contributed by atoms with van der Waals surface area (Å²) in [6, 6.07) is 10.0. The minimum Gasteiger partial charge on any atom is -0.508 e. The van der Waals surface area contributed by atoms with E-state index < -0.39 is 63.1 Å². The fraction of sp³-hybridized carbons (Fsp3) is 0.0667. The van der Waals surface area contributed by atoms with Crippen molar-refractivity contribution in [1.29, 1.82) is 0 Å². The molecule has 0 spiro atoms. The lowest BCUT2D eigenvalue weighted by Crippen LogP contribution is -2.20. The molecule has 0 saturated heterocycles. The van der Waals surface area contributed by atoms with Gasteiger partial charge in [-0.3, -0.25) is 9.59 Å². The average molecular weight is 572 g/mol. The van der Waals surface area contributed by atoms with Crippen LogP contribution >= 0.6 is 0 Å². The van der Waals surface area contributed by atoms with Crippen LogP contribution in [-0.2, 0) is 0 Å². The number of ketones is 1. The molecule has 4 aromatic carbocycles. The van der Waals surface area contributed by atoms with Crippen LogP contribution in [0.5, 0.6) is 51.7 Å². The van der Waals surface area contributed by atoms with Crippen molar-refractivity contribution in [3.63, 3.8) is 0 Å². The molecule has 2 heterocycles. The molecule has 1 aromatic heterocycles. The van der Waals surface area contributed by atoms with E-state index in [2.05, 4.69) is 0 Å². The standard InChI is InChI=1S/C30H20O12/c31-13-6-17(34)27-20(37)9-24(41-25(27)7-13)12-3-14(29(40)22(39)5-12)26-18(35)8-19(36)28-21(38)10-23(42-30(26)28)11-1-2-15(32)16(33)4-11/h1-8,10,24,31-36,39-40H,9H2/t24-/m0/s1. The molecule has 0 aliphatic carbocycles. The lowest BCUT2D eigenvalue weighted by molar-refractivity contribution is 0.0844. The number of ether oxygens (including phenoxy) is 1. The first-order valence-electron chi connectivity index (χ1n) is 12.3. The lowest BCUT2D eigenvalue weighted by Gasteiger charge is -2.27. The predicted molar refractivity (Wildman–Crippen MR) is 145 cm³/mol. The number of carbonyl (C=O) groups excluding carboxylic acids is 1. The molecular formula is C30H20O12. The molecule has 0 bridgehead atoms. The van der Waals surface area contributed by atoms with Crippen molar-refractivity contribution in [3.8, 4) is 74.2 Å². The zero-order chi connectivity index (χ0) is 30.0. The number of Topliss-reactive ketones (excluding diaryl/α,β-unsaturated/α-hetero) is 1. The highest BCUT2D eigenvalue weighted by molar-refractivity contribution is 6.03. The summed E-state index contributed by atoms with van der Waals surface area (Å²) in [6.45, 7) is 0. The summed E-state index contributed by atoms with van der Waals surface area (Å²) in [4.78, 5) is 25.9. The van der Waals surface area contributed by atoms with Gasteiger partial charge in [-0.1, -0.05) is 0 Å². The van der Waals surface area contributed by atoms with Crippen molar-refractivity contribution in [1.82, 2.24) is 0 Å². The number of fused-ring (bicyclic) bond motifs is 2. The molecule has 42 heavy (non-hydrogen) atoms. The highest BCUT2D eigenvalue weighted by Gasteiger charge is 2.32. The third-order valence-corrected chi connectivity index (χ3v) is 6.96. The Labute approximate surface area is 234 Å². The summed E-state index contributed by atoms with van der Waals surface area (Å²) in [6.07, 6.45) is -1.38. The van der Waals surface area contributed by atoms with E-state index in [1.165, 1.54) is 12.1 Å². The quantitative estimate of drug-likeness (QED) is 0.140. The first-order valence-corrected chi connectivity index (χ1v) is 12.3. The molecule has 5 aromatic rings. The predicted octanol–water partition coefficient (Wildman–Crippen LogP) is 4.48. The van der Waals surface area contributed by atoms with Crippen LogP contribution in [0.3, 0.4) is 0 Å². The lowest BCUT2D eigenvalue weighted by atomic mass is 9.92. The van der Waals surface area contributed by atoms with Crippen LogP contribution in [0.25, 0.3) is 33.4 Å². The molecule has 6 rings (SSSR count). The van der Waals surface area contributed by atoms with Gasteiger partial charge in [0.1, 0.15) is 51.6 Å². The van der Waals surface area contributed by atoms with Crippen LogP contribution in [0.15, 0.2) is 63.8 Å². The topological polar surface area (TPSA) is 218 Å². The summed E-state index contributed by atoms with van der Waals surface area (Å²) >= 11 is 0. The molecule has 12 heteroatoms. The molecule has 1 aliphatic rings. The van der Waals surface area contributed by atoms with Crippen molar-refractivity contribution in [2.75, 3.05) is 0 Å². The molecule has 0 radical (unpaired) electrons. The number of rotatable bonds is 3. The Kier molecular flexibility index (Phi) is 5.78. The fourth-order valence-corrected chi connectivity index (χ4v) is 5.01. The van der Waals surface area contributed by atoms with Gasteiger partial charge < -0.3 is 50.0 Å². The fourth-order valence-electron chi connectivity index (χ4n) is 5.01. The van der Waals surface area contributed by atoms with E-state index in [0.717, 1.165) is 42.5 Å². The zero-order valence-electron chi connectivity index (χ0n) is 21.2. The summed E-state index contributed by atoms with van der Waals surface area (Å²) in [5.74, 6) is -5.27. The van der Waals surface area contributed by atoms with E-state index in [-0.39, 0.29) is 56.9 Å². The number of phenols is 8. The van der Waals surface area contributed by atoms with E-state index in [0.29, 0.717) is 0 Å². The first kappa shape index (κ1) is 26.2. The van der Waals surface area contributed by atoms with Gasteiger partial charge in [0.15, 0.2) is 39.8 Å². The molecule has 1 aliphatic heterocycles. The maximum absolute atomic E-state index is 13.1. The normalized spacial score (nSPS) is 14.5. The molecule has 212 valence electrons. The largest absolute Gasteiger partial charge is 0.508 e.